The van der Waals surface area contributed by atoms with Crippen molar-refractivity contribution in [1.29, 1.82) is 0 Å². The number of carboxylic acids is 1. The van der Waals surface area contributed by atoms with E-state index in [1.54, 1.807) is 0 Å². The number of carbonyl (C=O) groups excluding carboxylic acids is 1. The van der Waals surface area contributed by atoms with E-state index in [1.807, 2.05) is 7.05 Å². The zero-order chi connectivity index (χ0) is 11.3. The van der Waals surface area contributed by atoms with Crippen LogP contribution < -0.4 is 0 Å². The third-order valence-electron chi connectivity index (χ3n) is 2.42. The maximum atomic E-state index is 11.2. The van der Waals surface area contributed by atoms with Gasteiger partial charge in [-0.1, -0.05) is 0 Å². The third-order valence-corrected chi connectivity index (χ3v) is 2.42. The number of carboxylic acid groups (broad SMARTS) is 1. The molecule has 15 heavy (non-hydrogen) atoms. The molecule has 1 heterocycles. The summed E-state index contributed by atoms with van der Waals surface area (Å²) < 4.78 is 5.17. The first-order valence-corrected chi connectivity index (χ1v) is 5.17. The molecule has 0 aromatic carbocycles. The minimum Gasteiger partial charge on any atom is -0.481 e. The number of hydrogen-bond acceptors (Lipinski definition) is 4. The van der Waals surface area contributed by atoms with Crippen LogP contribution in [0.5, 0.6) is 0 Å². The Morgan fingerprint density at radius 3 is 2.80 bits per heavy atom. The van der Waals surface area contributed by atoms with Crippen molar-refractivity contribution in [3.63, 3.8) is 0 Å². The summed E-state index contributed by atoms with van der Waals surface area (Å²) in [5.41, 5.74) is 0. The second-order valence-electron chi connectivity index (χ2n) is 3.91. The normalized spacial score (nSPS) is 22.3. The van der Waals surface area contributed by atoms with Gasteiger partial charge < -0.3 is 14.7 Å². The average molecular weight is 215 g/mol. The number of likely N-dealkylation sites (tertiary alicyclic amines) is 1. The van der Waals surface area contributed by atoms with Gasteiger partial charge in [-0.25, -0.2) is 0 Å². The van der Waals surface area contributed by atoms with Gasteiger partial charge >= 0.3 is 11.9 Å². The fraction of sp³-hybridized carbons (Fsp3) is 0.800. The molecule has 5 heteroatoms. The van der Waals surface area contributed by atoms with Gasteiger partial charge in [0.1, 0.15) is 6.10 Å². The zero-order valence-electron chi connectivity index (χ0n) is 8.94. The van der Waals surface area contributed by atoms with Crippen molar-refractivity contribution < 1.29 is 19.4 Å². The van der Waals surface area contributed by atoms with Crippen LogP contribution in [0, 0.1) is 0 Å². The standard InChI is InChI=1S/C10H17NO4/c1-11-6-2-3-8(7-11)15-10(14)5-4-9(12)13/h8H,2-7H2,1H3,(H,12,13). The Kier molecular flexibility index (Phi) is 4.55. The first kappa shape index (κ1) is 12.0. The molecular formula is C10H17NO4. The molecule has 1 saturated heterocycles. The fourth-order valence-electron chi connectivity index (χ4n) is 1.67. The first-order chi connectivity index (χ1) is 7.08. The number of aliphatic carboxylic acids is 1. The number of carbonyl (C=O) groups is 2. The molecular weight excluding hydrogens is 198 g/mol. The Balaban J connectivity index is 2.22. The van der Waals surface area contributed by atoms with Gasteiger partial charge in [-0.3, -0.25) is 9.59 Å². The van der Waals surface area contributed by atoms with Crippen LogP contribution in [0.3, 0.4) is 0 Å². The van der Waals surface area contributed by atoms with Gasteiger partial charge in [-0.05, 0) is 26.4 Å². The molecule has 0 bridgehead atoms. The number of esters is 1. The maximum Gasteiger partial charge on any atom is 0.306 e. The summed E-state index contributed by atoms with van der Waals surface area (Å²) in [6.45, 7) is 1.78. The molecule has 86 valence electrons. The number of ether oxygens (including phenoxy) is 1. The summed E-state index contributed by atoms with van der Waals surface area (Å²) in [7, 11) is 1.98. The van der Waals surface area contributed by atoms with E-state index in [1.165, 1.54) is 0 Å². The van der Waals surface area contributed by atoms with Gasteiger partial charge in [0.15, 0.2) is 0 Å². The van der Waals surface area contributed by atoms with E-state index in [4.69, 9.17) is 9.84 Å². The zero-order valence-corrected chi connectivity index (χ0v) is 8.94. The van der Waals surface area contributed by atoms with Crippen molar-refractivity contribution in [3.8, 4) is 0 Å². The molecule has 1 rings (SSSR count). The lowest BCUT2D eigenvalue weighted by Crippen LogP contribution is -2.38. The SMILES string of the molecule is CN1CCCC(OC(=O)CCC(=O)O)C1. The predicted octanol–water partition coefficient (Wildman–Crippen LogP) is 0.489. The van der Waals surface area contributed by atoms with E-state index >= 15 is 0 Å². The lowest BCUT2D eigenvalue weighted by molar-refractivity contribution is -0.154. The molecule has 0 amide bonds. The van der Waals surface area contributed by atoms with Crippen LogP contribution in [0.1, 0.15) is 25.7 Å². The first-order valence-electron chi connectivity index (χ1n) is 5.17. The largest absolute Gasteiger partial charge is 0.481 e. The number of rotatable bonds is 4. The Labute approximate surface area is 89.0 Å². The molecule has 0 spiro atoms. The molecule has 0 radical (unpaired) electrons. The summed E-state index contributed by atoms with van der Waals surface area (Å²) in [6.07, 6.45) is 1.65. The van der Waals surface area contributed by atoms with Crippen molar-refractivity contribution in [2.24, 2.45) is 0 Å². The molecule has 0 aromatic rings. The minimum atomic E-state index is -0.965. The molecule has 0 saturated carbocycles. The fourth-order valence-corrected chi connectivity index (χ4v) is 1.67. The average Bonchev–Trinajstić information content (AvgIpc) is 2.15. The van der Waals surface area contributed by atoms with Crippen molar-refractivity contribution in [2.75, 3.05) is 20.1 Å². The Bertz CT molecular complexity index is 242. The van der Waals surface area contributed by atoms with Crippen LogP contribution in [-0.4, -0.2) is 48.2 Å². The number of hydrogen-bond donors (Lipinski definition) is 1. The molecule has 0 aliphatic carbocycles. The lowest BCUT2D eigenvalue weighted by atomic mass is 10.1. The molecule has 1 unspecified atom stereocenters. The van der Waals surface area contributed by atoms with Crippen molar-refractivity contribution in [1.82, 2.24) is 4.90 Å². The smallest absolute Gasteiger partial charge is 0.306 e. The molecule has 5 nitrogen and oxygen atoms in total. The maximum absolute atomic E-state index is 11.2. The molecule has 1 atom stereocenters. The Hall–Kier alpha value is -1.10. The van der Waals surface area contributed by atoms with Crippen LogP contribution in [0.2, 0.25) is 0 Å². The van der Waals surface area contributed by atoms with Crippen LogP contribution in [0.15, 0.2) is 0 Å². The van der Waals surface area contributed by atoms with E-state index in [-0.39, 0.29) is 18.9 Å². The van der Waals surface area contributed by atoms with Gasteiger partial charge in [0.05, 0.1) is 12.8 Å². The predicted molar refractivity (Wildman–Crippen MR) is 53.5 cm³/mol. The van der Waals surface area contributed by atoms with Crippen molar-refractivity contribution in [3.05, 3.63) is 0 Å². The van der Waals surface area contributed by atoms with Crippen LogP contribution in [-0.2, 0) is 14.3 Å². The van der Waals surface area contributed by atoms with E-state index in [0.717, 1.165) is 25.9 Å². The summed E-state index contributed by atoms with van der Waals surface area (Å²) in [6, 6.07) is 0. The molecule has 1 aliphatic rings. The van der Waals surface area contributed by atoms with E-state index in [9.17, 15) is 9.59 Å². The summed E-state index contributed by atoms with van der Waals surface area (Å²) in [4.78, 5) is 23.6. The third kappa shape index (κ3) is 4.78. The monoisotopic (exact) mass is 215 g/mol. The number of piperidine rings is 1. The summed E-state index contributed by atoms with van der Waals surface area (Å²) >= 11 is 0. The molecule has 0 aromatic heterocycles. The van der Waals surface area contributed by atoms with Gasteiger partial charge in [0.2, 0.25) is 0 Å². The van der Waals surface area contributed by atoms with Gasteiger partial charge in [-0.15, -0.1) is 0 Å². The van der Waals surface area contributed by atoms with E-state index in [2.05, 4.69) is 4.90 Å². The van der Waals surface area contributed by atoms with Crippen LogP contribution in [0.25, 0.3) is 0 Å². The highest BCUT2D eigenvalue weighted by Gasteiger charge is 2.20. The van der Waals surface area contributed by atoms with Gasteiger partial charge in [0.25, 0.3) is 0 Å². The highest BCUT2D eigenvalue weighted by Crippen LogP contribution is 2.12. The quantitative estimate of drug-likeness (QED) is 0.691. The Morgan fingerprint density at radius 1 is 1.47 bits per heavy atom. The number of nitrogens with zero attached hydrogens (tertiary/aromatic N) is 1. The van der Waals surface area contributed by atoms with Crippen LogP contribution in [0.4, 0.5) is 0 Å². The molecule has 1 aliphatic heterocycles. The molecule has 1 N–H and O–H groups in total. The Morgan fingerprint density at radius 2 is 2.20 bits per heavy atom. The highest BCUT2D eigenvalue weighted by atomic mass is 16.5. The van der Waals surface area contributed by atoms with Crippen LogP contribution >= 0.6 is 0 Å². The second-order valence-corrected chi connectivity index (χ2v) is 3.91. The number of likely N-dealkylation sites (N-methyl/N-ethyl adjacent to an activating group) is 1. The summed E-state index contributed by atoms with van der Waals surface area (Å²) in [5, 5.41) is 8.39. The summed E-state index contributed by atoms with van der Waals surface area (Å²) in [5.74, 6) is -1.37. The minimum absolute atomic E-state index is 0.0322. The lowest BCUT2D eigenvalue weighted by Gasteiger charge is -2.29. The van der Waals surface area contributed by atoms with Gasteiger partial charge in [-0.2, -0.15) is 0 Å². The molecule has 1 fully saturated rings. The second kappa shape index (κ2) is 5.70. The van der Waals surface area contributed by atoms with Crippen molar-refractivity contribution in [2.45, 2.75) is 31.8 Å². The highest BCUT2D eigenvalue weighted by molar-refractivity contribution is 5.76. The van der Waals surface area contributed by atoms with Crippen molar-refractivity contribution >= 4 is 11.9 Å². The topological polar surface area (TPSA) is 66.8 Å². The van der Waals surface area contributed by atoms with E-state index < -0.39 is 11.9 Å². The van der Waals surface area contributed by atoms with E-state index in [0.29, 0.717) is 0 Å². The van der Waals surface area contributed by atoms with Gasteiger partial charge in [0, 0.05) is 6.54 Å².